The Balaban J connectivity index is 2.60. The van der Waals surface area contributed by atoms with Gasteiger partial charge in [0.2, 0.25) is 0 Å². The first kappa shape index (κ1) is 10.9. The highest BCUT2D eigenvalue weighted by Gasteiger charge is 2.08. The van der Waals surface area contributed by atoms with Gasteiger partial charge in [0.1, 0.15) is 0 Å². The summed E-state index contributed by atoms with van der Waals surface area (Å²) in [6.07, 6.45) is 0. The lowest BCUT2D eigenvalue weighted by molar-refractivity contribution is 0.564. The molecule has 0 amide bonds. The molecule has 1 unspecified atom stereocenters. The van der Waals surface area contributed by atoms with E-state index in [1.54, 1.807) is 30.3 Å². The molecule has 0 saturated heterocycles. The lowest BCUT2D eigenvalue weighted by Gasteiger charge is -2.06. The van der Waals surface area contributed by atoms with Crippen molar-refractivity contribution < 1.29 is 8.76 Å². The summed E-state index contributed by atoms with van der Waals surface area (Å²) < 4.78 is 20.3. The molecule has 1 atom stereocenters. The maximum atomic E-state index is 11.2. The Hall–Kier alpha value is -1.65. The molecule has 82 valence electrons. The molecule has 16 heavy (non-hydrogen) atoms. The minimum absolute atomic E-state index is 0.396. The predicted molar refractivity (Wildman–Crippen MR) is 65.3 cm³/mol. The van der Waals surface area contributed by atoms with E-state index < -0.39 is 11.1 Å². The number of nitrogens with two attached hydrogens (primary N) is 1. The molecule has 0 fully saturated rings. The van der Waals surface area contributed by atoms with Crippen molar-refractivity contribution in [1.29, 1.82) is 0 Å². The number of benzene rings is 2. The van der Waals surface area contributed by atoms with Crippen molar-refractivity contribution in [3.63, 3.8) is 0 Å². The van der Waals surface area contributed by atoms with E-state index in [1.807, 2.05) is 18.2 Å². The van der Waals surface area contributed by atoms with E-state index in [-0.39, 0.29) is 0 Å². The van der Waals surface area contributed by atoms with Crippen LogP contribution in [0.5, 0.6) is 0 Å². The summed E-state index contributed by atoms with van der Waals surface area (Å²) in [5.41, 5.74) is 7.90. The number of nitrogen functional groups attached to an aromatic ring is 1. The molecule has 3 N–H and O–H groups in total. The third-order valence-electron chi connectivity index (χ3n) is 2.27. The zero-order chi connectivity index (χ0) is 11.5. The van der Waals surface area contributed by atoms with Crippen LogP contribution in [0.15, 0.2) is 53.4 Å². The van der Waals surface area contributed by atoms with Crippen LogP contribution in [-0.4, -0.2) is 8.76 Å². The zero-order valence-electron chi connectivity index (χ0n) is 8.46. The first-order valence-corrected chi connectivity index (χ1v) is 5.85. The fraction of sp³-hybridized carbons (Fsp3) is 0. The third kappa shape index (κ3) is 2.13. The summed E-state index contributed by atoms with van der Waals surface area (Å²) in [4.78, 5) is 0.396. The molecule has 4 heteroatoms. The first-order chi connectivity index (χ1) is 7.68. The first-order valence-electron chi connectivity index (χ1n) is 4.74. The lowest BCUT2D eigenvalue weighted by atomic mass is 10.1. The quantitative estimate of drug-likeness (QED) is 0.619. The van der Waals surface area contributed by atoms with E-state index in [4.69, 9.17) is 5.73 Å². The summed E-state index contributed by atoms with van der Waals surface area (Å²) in [6, 6.07) is 14.2. The van der Waals surface area contributed by atoms with Crippen molar-refractivity contribution in [3.8, 4) is 11.1 Å². The topological polar surface area (TPSA) is 63.3 Å². The van der Waals surface area contributed by atoms with Gasteiger partial charge in [-0.05, 0) is 23.8 Å². The Labute approximate surface area is 96.2 Å². The number of rotatable bonds is 2. The van der Waals surface area contributed by atoms with E-state index in [2.05, 4.69) is 0 Å². The molecule has 0 saturated carbocycles. The Bertz CT molecular complexity index is 540. The van der Waals surface area contributed by atoms with Gasteiger partial charge in [0.25, 0.3) is 0 Å². The SMILES string of the molecule is Nc1cccc(-c2ccccc2S(=O)O)c1. The molecule has 0 aromatic heterocycles. The minimum atomic E-state index is -1.99. The van der Waals surface area contributed by atoms with Crippen molar-refractivity contribution in [1.82, 2.24) is 0 Å². The second-order valence-electron chi connectivity index (χ2n) is 3.37. The van der Waals surface area contributed by atoms with Crippen molar-refractivity contribution in [2.24, 2.45) is 0 Å². The monoisotopic (exact) mass is 233 g/mol. The van der Waals surface area contributed by atoms with Gasteiger partial charge in [0.05, 0.1) is 4.90 Å². The second kappa shape index (κ2) is 4.47. The van der Waals surface area contributed by atoms with E-state index in [0.717, 1.165) is 11.1 Å². The zero-order valence-corrected chi connectivity index (χ0v) is 9.28. The Morgan fingerprint density at radius 1 is 1.06 bits per heavy atom. The molecule has 0 spiro atoms. The molecular weight excluding hydrogens is 222 g/mol. The summed E-state index contributed by atoms with van der Waals surface area (Å²) in [7, 11) is 0. The summed E-state index contributed by atoms with van der Waals surface area (Å²) in [6.45, 7) is 0. The molecule has 0 bridgehead atoms. The van der Waals surface area contributed by atoms with E-state index in [1.165, 1.54) is 0 Å². The lowest BCUT2D eigenvalue weighted by Crippen LogP contribution is -1.93. The number of hydrogen-bond donors (Lipinski definition) is 2. The number of hydrogen-bond acceptors (Lipinski definition) is 2. The maximum absolute atomic E-state index is 11.2. The van der Waals surface area contributed by atoms with Crippen molar-refractivity contribution in [2.45, 2.75) is 4.90 Å². The molecule has 0 aliphatic carbocycles. The largest absolute Gasteiger partial charge is 0.399 e. The van der Waals surface area contributed by atoms with Crippen molar-refractivity contribution >= 4 is 16.8 Å². The van der Waals surface area contributed by atoms with Crippen LogP contribution in [0.2, 0.25) is 0 Å². The molecule has 0 aliphatic rings. The standard InChI is InChI=1S/C12H11NO2S/c13-10-5-3-4-9(8-10)11-6-1-2-7-12(11)16(14)15/h1-8H,13H2,(H,14,15). The maximum Gasteiger partial charge on any atom is 0.187 e. The van der Waals surface area contributed by atoms with Crippen LogP contribution in [0.25, 0.3) is 11.1 Å². The minimum Gasteiger partial charge on any atom is -0.399 e. The Morgan fingerprint density at radius 2 is 1.81 bits per heavy atom. The molecule has 2 aromatic carbocycles. The van der Waals surface area contributed by atoms with Crippen molar-refractivity contribution in [2.75, 3.05) is 5.73 Å². The average Bonchev–Trinajstić information content (AvgIpc) is 2.29. The third-order valence-corrected chi connectivity index (χ3v) is 3.01. The molecule has 3 nitrogen and oxygen atoms in total. The average molecular weight is 233 g/mol. The van der Waals surface area contributed by atoms with Gasteiger partial charge >= 0.3 is 0 Å². The highest BCUT2D eigenvalue weighted by molar-refractivity contribution is 7.79. The van der Waals surface area contributed by atoms with Crippen LogP contribution >= 0.6 is 0 Å². The second-order valence-corrected chi connectivity index (χ2v) is 4.31. The fourth-order valence-corrected chi connectivity index (χ4v) is 2.13. The molecule has 0 aliphatic heterocycles. The summed E-state index contributed by atoms with van der Waals surface area (Å²) >= 11 is -1.99. The Morgan fingerprint density at radius 3 is 2.50 bits per heavy atom. The predicted octanol–water partition coefficient (Wildman–Crippen LogP) is 2.52. The molecule has 0 radical (unpaired) electrons. The fourth-order valence-electron chi connectivity index (χ4n) is 1.56. The summed E-state index contributed by atoms with van der Waals surface area (Å²) in [5.74, 6) is 0. The van der Waals surface area contributed by atoms with Crippen molar-refractivity contribution in [3.05, 3.63) is 48.5 Å². The normalized spacial score (nSPS) is 12.3. The van der Waals surface area contributed by atoms with Crippen LogP contribution in [0.1, 0.15) is 0 Å². The van der Waals surface area contributed by atoms with Gasteiger partial charge in [0, 0.05) is 11.3 Å². The van der Waals surface area contributed by atoms with Crippen LogP contribution in [0.4, 0.5) is 5.69 Å². The number of anilines is 1. The van der Waals surface area contributed by atoms with Crippen LogP contribution < -0.4 is 5.73 Å². The van der Waals surface area contributed by atoms with Gasteiger partial charge in [-0.25, -0.2) is 4.21 Å². The van der Waals surface area contributed by atoms with Gasteiger partial charge < -0.3 is 10.3 Å². The van der Waals surface area contributed by atoms with Gasteiger partial charge in [-0.1, -0.05) is 30.3 Å². The molecular formula is C12H11NO2S. The van der Waals surface area contributed by atoms with E-state index >= 15 is 0 Å². The van der Waals surface area contributed by atoms with Gasteiger partial charge in [-0.3, -0.25) is 0 Å². The van der Waals surface area contributed by atoms with E-state index in [0.29, 0.717) is 10.6 Å². The highest BCUT2D eigenvalue weighted by Crippen LogP contribution is 2.26. The van der Waals surface area contributed by atoms with Gasteiger partial charge in [0.15, 0.2) is 11.1 Å². The van der Waals surface area contributed by atoms with Gasteiger partial charge in [-0.15, -0.1) is 0 Å². The van der Waals surface area contributed by atoms with E-state index in [9.17, 15) is 8.76 Å². The van der Waals surface area contributed by atoms with Crippen LogP contribution in [0.3, 0.4) is 0 Å². The molecule has 0 heterocycles. The Kier molecular flexibility index (Phi) is 3.03. The highest BCUT2D eigenvalue weighted by atomic mass is 32.2. The van der Waals surface area contributed by atoms with Crippen LogP contribution in [0, 0.1) is 0 Å². The molecule has 2 rings (SSSR count). The van der Waals surface area contributed by atoms with Gasteiger partial charge in [-0.2, -0.15) is 0 Å². The smallest absolute Gasteiger partial charge is 0.187 e. The molecule has 2 aromatic rings. The van der Waals surface area contributed by atoms with Crippen LogP contribution in [-0.2, 0) is 11.1 Å². The summed E-state index contributed by atoms with van der Waals surface area (Å²) in [5, 5.41) is 0.